The van der Waals surface area contributed by atoms with Gasteiger partial charge in [-0.2, -0.15) is 4.98 Å². The van der Waals surface area contributed by atoms with Crippen LogP contribution in [0.4, 0.5) is 11.8 Å². The van der Waals surface area contributed by atoms with Crippen LogP contribution in [0.15, 0.2) is 91.0 Å². The molecule has 0 aliphatic heterocycles. The Kier molecular flexibility index (Phi) is 8.64. The van der Waals surface area contributed by atoms with Crippen LogP contribution in [0.5, 0.6) is 0 Å². The predicted octanol–water partition coefficient (Wildman–Crippen LogP) is 5.76. The Balaban J connectivity index is 1.93. The van der Waals surface area contributed by atoms with Gasteiger partial charge in [-0.3, -0.25) is 9.80 Å². The maximum absolute atomic E-state index is 5.15. The molecule has 0 saturated carbocycles. The van der Waals surface area contributed by atoms with Crippen LogP contribution in [-0.4, -0.2) is 54.0 Å². The molecule has 0 amide bonds. The van der Waals surface area contributed by atoms with Crippen molar-refractivity contribution < 1.29 is 0 Å². The minimum Gasteiger partial charge on any atom is -0.372 e. The van der Waals surface area contributed by atoms with Gasteiger partial charge in [-0.25, -0.2) is 0 Å². The second kappa shape index (κ2) is 12.1. The highest BCUT2D eigenvalue weighted by molar-refractivity contribution is 5.53. The number of nitrogens with one attached hydrogen (secondary N) is 2. The Morgan fingerprint density at radius 3 is 1.84 bits per heavy atom. The fourth-order valence-electron chi connectivity index (χ4n) is 5.37. The Morgan fingerprint density at radius 1 is 0.784 bits per heavy atom. The first kappa shape index (κ1) is 26.5. The molecule has 0 spiro atoms. The molecular weight excluding hydrogens is 456 g/mol. The Morgan fingerprint density at radius 2 is 1.32 bits per heavy atom. The smallest absolute Gasteiger partial charge is 0.208 e. The molecule has 0 radical (unpaired) electrons. The molecule has 6 nitrogen and oxygen atoms in total. The molecule has 194 valence electrons. The lowest BCUT2D eigenvalue weighted by Gasteiger charge is -2.54. The normalized spacial score (nSPS) is 13.1. The maximum Gasteiger partial charge on any atom is 0.208 e. The average Bonchev–Trinajstić information content (AvgIpc) is 3.34. The zero-order valence-electron chi connectivity index (χ0n) is 22.8. The number of rotatable bonds is 12. The number of hydrogen-bond donors (Lipinski definition) is 2. The average molecular weight is 497 g/mol. The number of H-pyrrole nitrogens is 1. The monoisotopic (exact) mass is 496 g/mol. The van der Waals surface area contributed by atoms with Crippen LogP contribution < -0.4 is 10.2 Å². The summed E-state index contributed by atoms with van der Waals surface area (Å²) >= 11 is 0. The maximum atomic E-state index is 5.15. The molecule has 6 heteroatoms. The zero-order chi connectivity index (χ0) is 26.3. The molecular formula is C31H40N6. The highest BCUT2D eigenvalue weighted by atomic mass is 15.6. The van der Waals surface area contributed by atoms with Gasteiger partial charge in [-0.15, -0.1) is 0 Å². The lowest BCUT2D eigenvalue weighted by atomic mass is 10.0. The summed E-state index contributed by atoms with van der Waals surface area (Å²) < 4.78 is 0. The summed E-state index contributed by atoms with van der Waals surface area (Å²) in [5.41, 5.74) is 4.74. The van der Waals surface area contributed by atoms with E-state index in [-0.39, 0.29) is 0 Å². The first-order valence-corrected chi connectivity index (χ1v) is 13.1. The summed E-state index contributed by atoms with van der Waals surface area (Å²) in [6.07, 6.45) is 0.773. The highest BCUT2D eigenvalue weighted by Gasteiger charge is 2.46. The van der Waals surface area contributed by atoms with Crippen molar-refractivity contribution in [3.63, 3.8) is 0 Å². The Bertz CT molecular complexity index is 1220. The molecule has 0 bridgehead atoms. The van der Waals surface area contributed by atoms with Crippen LogP contribution in [0.3, 0.4) is 0 Å². The van der Waals surface area contributed by atoms with Crippen LogP contribution >= 0.6 is 0 Å². The fraction of sp³-hybridized carbons (Fsp3) is 0.323. The molecule has 2 N–H and O–H groups in total. The summed E-state index contributed by atoms with van der Waals surface area (Å²) in [6.45, 7) is 6.91. The molecule has 3 aromatic carbocycles. The second-order valence-corrected chi connectivity index (χ2v) is 9.44. The van der Waals surface area contributed by atoms with Crippen LogP contribution in [0.2, 0.25) is 0 Å². The van der Waals surface area contributed by atoms with Gasteiger partial charge in [0.25, 0.3) is 0 Å². The Hall–Kier alpha value is -3.61. The zero-order valence-corrected chi connectivity index (χ0v) is 22.8. The molecule has 1 unspecified atom stereocenters. The molecule has 0 saturated heterocycles. The molecule has 0 aliphatic rings. The van der Waals surface area contributed by atoms with Crippen LogP contribution in [0.25, 0.3) is 0 Å². The van der Waals surface area contributed by atoms with Gasteiger partial charge in [-0.05, 0) is 38.3 Å². The van der Waals surface area contributed by atoms with E-state index in [1.807, 2.05) is 7.05 Å². The number of anilines is 2. The van der Waals surface area contributed by atoms with E-state index in [4.69, 9.17) is 4.98 Å². The summed E-state index contributed by atoms with van der Waals surface area (Å²) in [5, 5.41) is 3.34. The van der Waals surface area contributed by atoms with Crippen molar-refractivity contribution in [1.29, 1.82) is 0 Å². The summed E-state index contributed by atoms with van der Waals surface area (Å²) in [4.78, 5) is 16.1. The number of benzene rings is 3. The molecule has 1 atom stereocenters. The van der Waals surface area contributed by atoms with Gasteiger partial charge in [0.05, 0.1) is 5.69 Å². The third-order valence-corrected chi connectivity index (χ3v) is 7.03. The molecule has 4 aromatic rings. The molecule has 37 heavy (non-hydrogen) atoms. The van der Waals surface area contributed by atoms with Gasteiger partial charge >= 0.3 is 0 Å². The minimum absolute atomic E-state index is 0.576. The van der Waals surface area contributed by atoms with Crippen molar-refractivity contribution in [3.8, 4) is 0 Å². The predicted molar refractivity (Wildman–Crippen MR) is 155 cm³/mol. The largest absolute Gasteiger partial charge is 0.372 e. The van der Waals surface area contributed by atoms with Crippen molar-refractivity contribution in [1.82, 2.24) is 19.8 Å². The molecule has 1 heterocycles. The minimum atomic E-state index is -0.576. The van der Waals surface area contributed by atoms with Crippen molar-refractivity contribution in [2.24, 2.45) is 0 Å². The Labute approximate surface area is 222 Å². The van der Waals surface area contributed by atoms with Gasteiger partial charge in [0.15, 0.2) is 5.79 Å². The van der Waals surface area contributed by atoms with E-state index < -0.39 is 5.79 Å². The number of hydrogen-bond acceptors (Lipinski definition) is 5. The molecule has 0 fully saturated rings. The number of imidazole rings is 1. The molecule has 0 aliphatic carbocycles. The summed E-state index contributed by atoms with van der Waals surface area (Å²) in [5.74, 6) is 1.13. The van der Waals surface area contributed by atoms with E-state index in [1.54, 1.807) is 0 Å². The van der Waals surface area contributed by atoms with Crippen molar-refractivity contribution in [2.45, 2.75) is 32.6 Å². The van der Waals surface area contributed by atoms with Crippen LogP contribution in [-0.2, 0) is 18.8 Å². The number of nitrogens with zero attached hydrogens (tertiary/aromatic N) is 4. The van der Waals surface area contributed by atoms with E-state index in [0.717, 1.165) is 37.0 Å². The van der Waals surface area contributed by atoms with E-state index in [0.29, 0.717) is 6.54 Å². The topological polar surface area (TPSA) is 50.4 Å². The number of aromatic nitrogens is 2. The first-order valence-electron chi connectivity index (χ1n) is 13.1. The summed E-state index contributed by atoms with van der Waals surface area (Å²) in [6, 6.07) is 32.0. The van der Waals surface area contributed by atoms with Crippen molar-refractivity contribution in [3.05, 3.63) is 113 Å². The van der Waals surface area contributed by atoms with Crippen molar-refractivity contribution in [2.75, 3.05) is 44.4 Å². The van der Waals surface area contributed by atoms with Gasteiger partial charge in [0, 0.05) is 25.6 Å². The van der Waals surface area contributed by atoms with E-state index in [1.165, 1.54) is 16.7 Å². The molecule has 4 rings (SSSR count). The van der Waals surface area contributed by atoms with Gasteiger partial charge in [0.1, 0.15) is 5.82 Å². The van der Waals surface area contributed by atoms with Gasteiger partial charge < -0.3 is 15.2 Å². The third kappa shape index (κ3) is 5.41. The quantitative estimate of drug-likeness (QED) is 0.244. The third-order valence-electron chi connectivity index (χ3n) is 7.03. The standard InChI is InChI=1S/C31H40N6/c1-6-36(7-2)31(35(4)5,27-21-15-10-16-22-27)37(24-26-19-13-9-14-20-26)30-33-28(29(32-3)34-30)23-25-17-11-8-12-18-25/h8-22,32H,6-7,23-24H2,1-5H3,(H,33,34). The SMILES string of the molecule is CCN(CC)C(c1ccccc1)(N(C)C)N(Cc1ccccc1)c1nc(NC)c(Cc2ccccc2)[nH]1. The van der Waals surface area contributed by atoms with Crippen molar-refractivity contribution >= 4 is 11.8 Å². The van der Waals surface area contributed by atoms with Crippen LogP contribution in [0, 0.1) is 0 Å². The van der Waals surface area contributed by atoms with Gasteiger partial charge in [0.2, 0.25) is 5.95 Å². The van der Waals surface area contributed by atoms with Gasteiger partial charge in [-0.1, -0.05) is 105 Å². The summed E-state index contributed by atoms with van der Waals surface area (Å²) in [7, 11) is 6.27. The second-order valence-electron chi connectivity index (χ2n) is 9.44. The fourth-order valence-corrected chi connectivity index (χ4v) is 5.37. The highest BCUT2D eigenvalue weighted by Crippen LogP contribution is 2.39. The lowest BCUT2D eigenvalue weighted by Crippen LogP contribution is -2.66. The van der Waals surface area contributed by atoms with Crippen LogP contribution in [0.1, 0.15) is 36.2 Å². The van der Waals surface area contributed by atoms with E-state index >= 15 is 0 Å². The first-order chi connectivity index (χ1) is 18.0. The number of aromatic amines is 1. The van der Waals surface area contributed by atoms with E-state index in [2.05, 4.69) is 144 Å². The van der Waals surface area contributed by atoms with E-state index in [9.17, 15) is 0 Å². The lowest BCUT2D eigenvalue weighted by molar-refractivity contribution is -0.0365. The molecule has 1 aromatic heterocycles.